The van der Waals surface area contributed by atoms with Gasteiger partial charge in [-0.25, -0.2) is 16.4 Å². The minimum absolute atomic E-state index is 0.0118. The van der Waals surface area contributed by atoms with Gasteiger partial charge < -0.3 is 14.5 Å². The number of methoxy groups -OCH3 is 1. The number of ether oxygens (including phenoxy) is 1. The van der Waals surface area contributed by atoms with Gasteiger partial charge in [-0.2, -0.15) is 0 Å². The first-order valence-corrected chi connectivity index (χ1v) is 8.30. The number of esters is 1. The highest BCUT2D eigenvalue weighted by molar-refractivity contribution is 7.07. The lowest BCUT2D eigenvalue weighted by Gasteiger charge is -2.31. The number of carbonyl (C=O) groups is 2. The van der Waals surface area contributed by atoms with Crippen LogP contribution in [0.25, 0.3) is 4.85 Å². The van der Waals surface area contributed by atoms with Gasteiger partial charge in [0.25, 0.3) is 6.54 Å². The van der Waals surface area contributed by atoms with Crippen LogP contribution in [0, 0.1) is 12.0 Å². The van der Waals surface area contributed by atoms with E-state index in [0.29, 0.717) is 13.0 Å². The van der Waals surface area contributed by atoms with Crippen LogP contribution >= 0.6 is 11.3 Å². The third-order valence-electron chi connectivity index (χ3n) is 3.37. The van der Waals surface area contributed by atoms with Crippen molar-refractivity contribution in [1.82, 2.24) is 9.88 Å². The second-order valence-corrected chi connectivity index (χ2v) is 7.16. The van der Waals surface area contributed by atoms with Crippen molar-refractivity contribution in [2.24, 2.45) is 5.41 Å². The Labute approximate surface area is 141 Å². The van der Waals surface area contributed by atoms with Gasteiger partial charge in [0.15, 0.2) is 0 Å². The van der Waals surface area contributed by atoms with Crippen molar-refractivity contribution in [3.8, 4) is 0 Å². The van der Waals surface area contributed by atoms with Crippen LogP contribution in [0.15, 0.2) is 10.9 Å². The Balaban J connectivity index is 3.01. The molecule has 6 nitrogen and oxygen atoms in total. The number of amides is 1. The smallest absolute Gasteiger partial charge is 0.328 e. The fraction of sp³-hybridized carbons (Fsp3) is 0.625. The van der Waals surface area contributed by atoms with Crippen molar-refractivity contribution >= 4 is 23.2 Å². The number of rotatable bonds is 7. The quantitative estimate of drug-likeness (QED) is 0.566. The van der Waals surface area contributed by atoms with Gasteiger partial charge in [0.1, 0.15) is 6.04 Å². The molecule has 126 valence electrons. The zero-order chi connectivity index (χ0) is 17.5. The molecule has 0 fully saturated rings. The van der Waals surface area contributed by atoms with E-state index in [9.17, 15) is 9.59 Å². The minimum Gasteiger partial charge on any atom is -0.467 e. The highest BCUT2D eigenvalue weighted by atomic mass is 32.1. The highest BCUT2D eigenvalue weighted by Gasteiger charge is 2.33. The molecule has 1 aromatic rings. The minimum atomic E-state index is -0.751. The van der Waals surface area contributed by atoms with Gasteiger partial charge in [0.2, 0.25) is 0 Å². The summed E-state index contributed by atoms with van der Waals surface area (Å²) in [6, 6.07) is -0.751. The second kappa shape index (κ2) is 8.63. The van der Waals surface area contributed by atoms with E-state index < -0.39 is 12.0 Å². The topological polar surface area (TPSA) is 63.9 Å². The van der Waals surface area contributed by atoms with Crippen molar-refractivity contribution in [3.63, 3.8) is 0 Å². The molecule has 0 bridgehead atoms. The molecule has 0 aliphatic carbocycles. The van der Waals surface area contributed by atoms with E-state index in [-0.39, 0.29) is 17.9 Å². The molecule has 0 spiro atoms. The lowest BCUT2D eigenvalue weighted by atomic mass is 9.91. The largest absolute Gasteiger partial charge is 0.467 e. The summed E-state index contributed by atoms with van der Waals surface area (Å²) in [5, 5.41) is 1.84. The van der Waals surface area contributed by atoms with Crippen molar-refractivity contribution in [2.75, 3.05) is 20.2 Å². The molecule has 1 atom stereocenters. The predicted octanol–water partition coefficient (Wildman–Crippen LogP) is 2.41. The summed E-state index contributed by atoms with van der Waals surface area (Å²) >= 11 is 1.43. The van der Waals surface area contributed by atoms with E-state index >= 15 is 0 Å². The molecule has 0 radical (unpaired) electrons. The molecule has 0 unspecified atom stereocenters. The number of hydrogen-bond acceptors (Lipinski definition) is 5. The molecule has 0 saturated carbocycles. The molecule has 7 heteroatoms. The molecule has 0 aliphatic heterocycles. The van der Waals surface area contributed by atoms with Crippen LogP contribution in [-0.2, 0) is 20.7 Å². The molecule has 0 aliphatic rings. The van der Waals surface area contributed by atoms with Crippen molar-refractivity contribution < 1.29 is 14.3 Å². The Morgan fingerprint density at radius 3 is 2.65 bits per heavy atom. The SMILES string of the molecule is [C-]#[N+]CC(=O)N(CCC(C)(C)C)[C@@H](Cc1cscn1)C(=O)OC. The standard InChI is InChI=1S/C16H23N3O3S/c1-16(2,3)6-7-19(14(20)9-17-4)13(15(21)22-5)8-12-10-23-11-18-12/h10-11,13H,6-9H2,1-3,5H3/t13-/m0/s1. The molecule has 1 heterocycles. The maximum absolute atomic E-state index is 12.3. The van der Waals surface area contributed by atoms with Gasteiger partial charge >= 0.3 is 11.9 Å². The summed E-state index contributed by atoms with van der Waals surface area (Å²) in [5.74, 6) is -0.833. The van der Waals surface area contributed by atoms with E-state index in [2.05, 4.69) is 30.6 Å². The second-order valence-electron chi connectivity index (χ2n) is 6.44. The van der Waals surface area contributed by atoms with E-state index in [1.807, 2.05) is 5.38 Å². The number of aromatic nitrogens is 1. The average molecular weight is 337 g/mol. The molecule has 1 rings (SSSR count). The maximum Gasteiger partial charge on any atom is 0.328 e. The molecular weight excluding hydrogens is 314 g/mol. The fourth-order valence-corrected chi connectivity index (χ4v) is 2.63. The molecule has 0 N–H and O–H groups in total. The van der Waals surface area contributed by atoms with Crippen LogP contribution in [0.1, 0.15) is 32.9 Å². The molecule has 1 aromatic heterocycles. The van der Waals surface area contributed by atoms with Gasteiger partial charge in [-0.15, -0.1) is 11.3 Å². The summed E-state index contributed by atoms with van der Waals surface area (Å²) in [4.78, 5) is 33.3. The first-order chi connectivity index (χ1) is 10.8. The number of nitrogens with zero attached hydrogens (tertiary/aromatic N) is 3. The molecule has 23 heavy (non-hydrogen) atoms. The maximum atomic E-state index is 12.3. The highest BCUT2D eigenvalue weighted by Crippen LogP contribution is 2.21. The Morgan fingerprint density at radius 2 is 2.17 bits per heavy atom. The van der Waals surface area contributed by atoms with Crippen LogP contribution in [-0.4, -0.2) is 48.0 Å². The summed E-state index contributed by atoms with van der Waals surface area (Å²) in [6.07, 6.45) is 1.02. The summed E-state index contributed by atoms with van der Waals surface area (Å²) in [5.41, 5.74) is 2.43. The Hall–Kier alpha value is -1.94. The lowest BCUT2D eigenvalue weighted by Crippen LogP contribution is -2.48. The molecule has 0 aromatic carbocycles. The normalized spacial score (nSPS) is 12.3. The average Bonchev–Trinajstić information content (AvgIpc) is 2.97. The van der Waals surface area contributed by atoms with E-state index in [4.69, 9.17) is 11.3 Å². The fourth-order valence-electron chi connectivity index (χ4n) is 2.06. The lowest BCUT2D eigenvalue weighted by molar-refractivity contribution is -0.152. The first kappa shape index (κ1) is 19.1. The summed E-state index contributed by atoms with van der Waals surface area (Å²) < 4.78 is 4.87. The Morgan fingerprint density at radius 1 is 1.48 bits per heavy atom. The van der Waals surface area contributed by atoms with Crippen LogP contribution in [0.4, 0.5) is 0 Å². The van der Waals surface area contributed by atoms with E-state index in [0.717, 1.165) is 12.1 Å². The zero-order valence-corrected chi connectivity index (χ0v) is 14.9. The Bertz CT molecular complexity index is 558. The van der Waals surface area contributed by atoms with Crippen molar-refractivity contribution in [2.45, 2.75) is 39.7 Å². The van der Waals surface area contributed by atoms with Gasteiger partial charge in [-0.1, -0.05) is 20.8 Å². The van der Waals surface area contributed by atoms with Gasteiger partial charge in [-0.3, -0.25) is 4.79 Å². The Kier molecular flexibility index (Phi) is 7.17. The van der Waals surface area contributed by atoms with Crippen molar-refractivity contribution in [1.29, 1.82) is 0 Å². The van der Waals surface area contributed by atoms with Crippen LogP contribution < -0.4 is 0 Å². The number of hydrogen-bond donors (Lipinski definition) is 0. The number of carbonyl (C=O) groups excluding carboxylic acids is 2. The third kappa shape index (κ3) is 6.37. The third-order valence-corrected chi connectivity index (χ3v) is 4.01. The van der Waals surface area contributed by atoms with Crippen LogP contribution in [0.5, 0.6) is 0 Å². The van der Waals surface area contributed by atoms with Crippen molar-refractivity contribution in [3.05, 3.63) is 28.0 Å². The monoisotopic (exact) mass is 337 g/mol. The van der Waals surface area contributed by atoms with Crippen LogP contribution in [0.3, 0.4) is 0 Å². The molecule has 1 amide bonds. The van der Waals surface area contributed by atoms with Gasteiger partial charge in [-0.05, 0) is 11.8 Å². The zero-order valence-electron chi connectivity index (χ0n) is 14.0. The first-order valence-electron chi connectivity index (χ1n) is 7.36. The van der Waals surface area contributed by atoms with Crippen LogP contribution in [0.2, 0.25) is 0 Å². The van der Waals surface area contributed by atoms with E-state index in [1.54, 1.807) is 5.51 Å². The molecule has 0 saturated heterocycles. The van der Waals surface area contributed by atoms with E-state index in [1.165, 1.54) is 23.3 Å². The van der Waals surface area contributed by atoms with Gasteiger partial charge in [0.05, 0.1) is 18.3 Å². The predicted molar refractivity (Wildman–Crippen MR) is 88.9 cm³/mol. The summed E-state index contributed by atoms with van der Waals surface area (Å²) in [6.45, 7) is 13.3. The number of thiazole rings is 1. The summed E-state index contributed by atoms with van der Waals surface area (Å²) in [7, 11) is 1.30. The van der Waals surface area contributed by atoms with Gasteiger partial charge in [0, 0.05) is 18.3 Å². The molecular formula is C16H23N3O3S.